The molecule has 0 saturated heterocycles. The van der Waals surface area contributed by atoms with E-state index in [1.165, 1.54) is 30.4 Å². The van der Waals surface area contributed by atoms with E-state index >= 15 is 0 Å². The van der Waals surface area contributed by atoms with Gasteiger partial charge in [-0.3, -0.25) is 4.79 Å². The molecule has 3 nitrogen and oxygen atoms in total. The summed E-state index contributed by atoms with van der Waals surface area (Å²) >= 11 is 0. The molecule has 0 aromatic heterocycles. The molecule has 30 heavy (non-hydrogen) atoms. The second-order valence-electron chi connectivity index (χ2n) is 9.60. The van der Waals surface area contributed by atoms with Crippen LogP contribution in [0.3, 0.4) is 0 Å². The molecule has 2 aromatic rings. The Morgan fingerprint density at radius 3 is 1.70 bits per heavy atom. The third kappa shape index (κ3) is 4.55. The average Bonchev–Trinajstić information content (AvgIpc) is 2.74. The van der Waals surface area contributed by atoms with E-state index < -0.39 is 0 Å². The van der Waals surface area contributed by atoms with E-state index in [0.29, 0.717) is 11.5 Å². The molecule has 0 radical (unpaired) electrons. The summed E-state index contributed by atoms with van der Waals surface area (Å²) < 4.78 is 5.76. The van der Waals surface area contributed by atoms with Crippen molar-refractivity contribution in [1.29, 1.82) is 0 Å². The molecule has 4 bridgehead atoms. The number of carbonyl (C=O) groups is 1. The maximum absolute atomic E-state index is 12.8. The maximum Gasteiger partial charge on any atom is 0.317 e. The lowest BCUT2D eigenvalue weighted by molar-refractivity contribution is -0.161. The van der Waals surface area contributed by atoms with E-state index in [1.54, 1.807) is 12.1 Å². The van der Waals surface area contributed by atoms with Crippen LogP contribution in [0, 0.1) is 23.2 Å². The highest BCUT2D eigenvalue weighted by atomic mass is 16.5. The van der Waals surface area contributed by atoms with Crippen LogP contribution in [0.15, 0.2) is 48.5 Å². The summed E-state index contributed by atoms with van der Waals surface area (Å²) in [4.78, 5) is 12.8. The van der Waals surface area contributed by atoms with Gasteiger partial charge in [-0.2, -0.15) is 0 Å². The number of carbonyl (C=O) groups excluding carboxylic acids is 1. The number of benzene rings is 2. The SMILES string of the molecule is CCc1ccc(O)cc1.CCc1ccc(OC(=O)C23CC4CC(CC(C4)C2)C3)cc1. The van der Waals surface area contributed by atoms with Crippen molar-refractivity contribution in [2.24, 2.45) is 23.2 Å². The van der Waals surface area contributed by atoms with Crippen molar-refractivity contribution in [3.63, 3.8) is 0 Å². The standard InChI is InChI=1S/C19H24O2.C8H10O/c1-2-13-3-5-17(6-4-13)21-18(20)19-10-14-7-15(11-19)9-16(8-14)12-19;1-2-7-3-5-8(9)6-4-7/h3-6,14-16H,2,7-12H2,1H3;3-6,9H,2H2,1H3. The van der Waals surface area contributed by atoms with E-state index in [4.69, 9.17) is 9.84 Å². The molecule has 1 N–H and O–H groups in total. The molecule has 0 unspecified atom stereocenters. The van der Waals surface area contributed by atoms with Gasteiger partial charge in [-0.25, -0.2) is 0 Å². The molecule has 2 aromatic carbocycles. The summed E-state index contributed by atoms with van der Waals surface area (Å²) in [6.45, 7) is 4.23. The van der Waals surface area contributed by atoms with Crippen LogP contribution in [0.2, 0.25) is 0 Å². The Kier molecular flexibility index (Phi) is 6.17. The van der Waals surface area contributed by atoms with Crippen LogP contribution < -0.4 is 4.74 Å². The van der Waals surface area contributed by atoms with E-state index in [2.05, 4.69) is 26.0 Å². The van der Waals surface area contributed by atoms with E-state index in [0.717, 1.165) is 49.9 Å². The Balaban J connectivity index is 0.000000204. The first kappa shape index (κ1) is 21.0. The molecule has 6 rings (SSSR count). The summed E-state index contributed by atoms with van der Waals surface area (Å²) in [5, 5.41) is 8.85. The molecule has 0 spiro atoms. The first-order valence-electron chi connectivity index (χ1n) is 11.6. The molecule has 4 aliphatic rings. The van der Waals surface area contributed by atoms with Crippen LogP contribution in [-0.4, -0.2) is 11.1 Å². The van der Waals surface area contributed by atoms with Gasteiger partial charge in [0.05, 0.1) is 5.41 Å². The minimum Gasteiger partial charge on any atom is -0.508 e. The molecule has 4 aliphatic carbocycles. The van der Waals surface area contributed by atoms with E-state index in [-0.39, 0.29) is 11.4 Å². The first-order chi connectivity index (χ1) is 14.5. The number of ether oxygens (including phenoxy) is 1. The predicted molar refractivity (Wildman–Crippen MR) is 120 cm³/mol. The lowest BCUT2D eigenvalue weighted by Crippen LogP contribution is -2.51. The Bertz CT molecular complexity index is 815. The topological polar surface area (TPSA) is 46.5 Å². The highest BCUT2D eigenvalue weighted by molar-refractivity contribution is 5.79. The van der Waals surface area contributed by atoms with Crippen molar-refractivity contribution in [3.05, 3.63) is 59.7 Å². The third-order valence-electron chi connectivity index (χ3n) is 7.36. The fourth-order valence-corrected chi connectivity index (χ4v) is 6.10. The monoisotopic (exact) mass is 406 g/mol. The summed E-state index contributed by atoms with van der Waals surface area (Å²) in [6, 6.07) is 15.3. The van der Waals surface area contributed by atoms with Crippen LogP contribution in [0.4, 0.5) is 0 Å². The number of hydrogen-bond donors (Lipinski definition) is 1. The van der Waals surface area contributed by atoms with Crippen LogP contribution in [0.5, 0.6) is 11.5 Å². The third-order valence-corrected chi connectivity index (χ3v) is 7.36. The zero-order chi connectivity index (χ0) is 21.1. The molecular formula is C27H34O3. The Morgan fingerprint density at radius 2 is 1.27 bits per heavy atom. The van der Waals surface area contributed by atoms with Gasteiger partial charge in [-0.15, -0.1) is 0 Å². The molecule has 0 amide bonds. The number of phenolic OH excluding ortho intramolecular Hbond substituents is 1. The number of hydrogen-bond acceptors (Lipinski definition) is 3. The number of esters is 1. The quantitative estimate of drug-likeness (QED) is 0.477. The minimum atomic E-state index is -0.155. The largest absolute Gasteiger partial charge is 0.508 e. The van der Waals surface area contributed by atoms with E-state index in [9.17, 15) is 4.79 Å². The van der Waals surface area contributed by atoms with Gasteiger partial charge in [0.2, 0.25) is 0 Å². The second kappa shape index (κ2) is 8.83. The Morgan fingerprint density at radius 1 is 0.833 bits per heavy atom. The minimum absolute atomic E-state index is 0.0471. The molecular weight excluding hydrogens is 372 g/mol. The molecule has 160 valence electrons. The van der Waals surface area contributed by atoms with Crippen LogP contribution in [0.1, 0.15) is 63.5 Å². The lowest BCUT2D eigenvalue weighted by Gasteiger charge is -2.55. The fraction of sp³-hybridized carbons (Fsp3) is 0.519. The number of aromatic hydroxyl groups is 1. The number of rotatable bonds is 4. The molecule has 0 heterocycles. The van der Waals surface area contributed by atoms with Crippen molar-refractivity contribution in [1.82, 2.24) is 0 Å². The first-order valence-corrected chi connectivity index (χ1v) is 11.6. The van der Waals surface area contributed by atoms with Gasteiger partial charge >= 0.3 is 5.97 Å². The summed E-state index contributed by atoms with van der Waals surface area (Å²) in [5.74, 6) is 3.45. The van der Waals surface area contributed by atoms with Gasteiger partial charge < -0.3 is 9.84 Å². The van der Waals surface area contributed by atoms with Gasteiger partial charge in [0.25, 0.3) is 0 Å². The van der Waals surface area contributed by atoms with Gasteiger partial charge in [0.15, 0.2) is 0 Å². The maximum atomic E-state index is 12.8. The van der Waals surface area contributed by atoms with Crippen molar-refractivity contribution in [2.45, 2.75) is 65.2 Å². The van der Waals surface area contributed by atoms with Crippen LogP contribution in [-0.2, 0) is 17.6 Å². The number of phenols is 1. The summed E-state index contributed by atoms with van der Waals surface area (Å²) in [7, 11) is 0. The van der Waals surface area contributed by atoms with Crippen molar-refractivity contribution in [3.8, 4) is 11.5 Å². The highest BCUT2D eigenvalue weighted by Gasteiger charge is 2.55. The van der Waals surface area contributed by atoms with Gasteiger partial charge in [-0.1, -0.05) is 38.1 Å². The van der Waals surface area contributed by atoms with Gasteiger partial charge in [0, 0.05) is 0 Å². The zero-order valence-corrected chi connectivity index (χ0v) is 18.3. The molecule has 0 atom stereocenters. The van der Waals surface area contributed by atoms with Crippen molar-refractivity contribution < 1.29 is 14.6 Å². The smallest absolute Gasteiger partial charge is 0.317 e. The number of aryl methyl sites for hydroxylation is 2. The summed E-state index contributed by atoms with van der Waals surface area (Å²) in [6.07, 6.45) is 9.34. The lowest BCUT2D eigenvalue weighted by atomic mass is 9.49. The van der Waals surface area contributed by atoms with Crippen molar-refractivity contribution in [2.75, 3.05) is 0 Å². The zero-order valence-electron chi connectivity index (χ0n) is 18.3. The van der Waals surface area contributed by atoms with E-state index in [1.807, 2.05) is 24.3 Å². The van der Waals surface area contributed by atoms with Crippen LogP contribution in [0.25, 0.3) is 0 Å². The van der Waals surface area contributed by atoms with Crippen LogP contribution >= 0.6 is 0 Å². The summed E-state index contributed by atoms with van der Waals surface area (Å²) in [5.41, 5.74) is 2.38. The predicted octanol–water partition coefficient (Wildman–Crippen LogP) is 6.33. The Hall–Kier alpha value is -2.29. The molecule has 3 heteroatoms. The van der Waals surface area contributed by atoms with Crippen molar-refractivity contribution >= 4 is 5.97 Å². The molecule has 4 saturated carbocycles. The second-order valence-corrected chi connectivity index (χ2v) is 9.60. The average molecular weight is 407 g/mol. The van der Waals surface area contributed by atoms with Gasteiger partial charge in [-0.05, 0) is 105 Å². The normalized spacial score (nSPS) is 28.5. The highest BCUT2D eigenvalue weighted by Crippen LogP contribution is 2.60. The molecule has 4 fully saturated rings. The fourth-order valence-electron chi connectivity index (χ4n) is 6.10. The Labute approximate surface area is 180 Å². The molecule has 0 aliphatic heterocycles. The van der Waals surface area contributed by atoms with Gasteiger partial charge in [0.1, 0.15) is 11.5 Å².